The highest BCUT2D eigenvalue weighted by Gasteiger charge is 2.21. The molecule has 0 heteroatoms. The Labute approximate surface area is 185 Å². The van der Waals surface area contributed by atoms with Crippen molar-refractivity contribution in [3.63, 3.8) is 0 Å². The Balaban J connectivity index is 1.43. The van der Waals surface area contributed by atoms with Crippen LogP contribution in [-0.2, 0) is 12.8 Å². The minimum absolute atomic E-state index is 0.568. The normalized spacial score (nSPS) is 18.6. The minimum Gasteiger partial charge on any atom is -0.0945 e. The van der Waals surface area contributed by atoms with Gasteiger partial charge in [-0.2, -0.15) is 0 Å². The van der Waals surface area contributed by atoms with E-state index in [1.54, 1.807) is 0 Å². The zero-order valence-electron chi connectivity index (χ0n) is 19.3. The van der Waals surface area contributed by atoms with Crippen molar-refractivity contribution in [1.29, 1.82) is 0 Å². The molecule has 0 spiro atoms. The van der Waals surface area contributed by atoms with Crippen LogP contribution in [0.15, 0.2) is 48.5 Å². The van der Waals surface area contributed by atoms with E-state index in [1.165, 1.54) is 99.3 Å². The molecule has 0 saturated heterocycles. The van der Waals surface area contributed by atoms with E-state index in [9.17, 15) is 0 Å². The fraction of sp³-hybridized carbons (Fsp3) is 0.533. The van der Waals surface area contributed by atoms with Gasteiger partial charge in [-0.1, -0.05) is 94.2 Å². The maximum atomic E-state index is 3.57. The van der Waals surface area contributed by atoms with Gasteiger partial charge in [0, 0.05) is 11.5 Å². The molecule has 0 aromatic heterocycles. The molecule has 1 aliphatic rings. The quantitative estimate of drug-likeness (QED) is 0.292. The predicted molar refractivity (Wildman–Crippen MR) is 131 cm³/mol. The molecule has 160 valence electrons. The summed E-state index contributed by atoms with van der Waals surface area (Å²) in [4.78, 5) is 0. The molecule has 30 heavy (non-hydrogen) atoms. The number of rotatable bonds is 9. The van der Waals surface area contributed by atoms with Gasteiger partial charge in [0.25, 0.3) is 0 Å². The molecule has 1 aliphatic carbocycles. The lowest BCUT2D eigenvalue weighted by Gasteiger charge is -2.26. The fourth-order valence-corrected chi connectivity index (χ4v) is 4.69. The largest absolute Gasteiger partial charge is 0.0945 e. The van der Waals surface area contributed by atoms with Gasteiger partial charge in [0.15, 0.2) is 0 Å². The van der Waals surface area contributed by atoms with Gasteiger partial charge >= 0.3 is 0 Å². The molecule has 3 rings (SSSR count). The lowest BCUT2D eigenvalue weighted by atomic mass is 9.78. The van der Waals surface area contributed by atoms with E-state index in [4.69, 9.17) is 0 Å². The predicted octanol–water partition coefficient (Wildman–Crippen LogP) is 8.48. The van der Waals surface area contributed by atoms with Crippen molar-refractivity contribution in [2.75, 3.05) is 0 Å². The van der Waals surface area contributed by atoms with Gasteiger partial charge in [-0.05, 0) is 79.7 Å². The summed E-state index contributed by atoms with van der Waals surface area (Å²) in [6.07, 6.45) is 15.4. The first-order valence-corrected chi connectivity index (χ1v) is 12.5. The lowest BCUT2D eigenvalue weighted by molar-refractivity contribution is 0.384. The van der Waals surface area contributed by atoms with Crippen LogP contribution in [0.1, 0.15) is 106 Å². The topological polar surface area (TPSA) is 0 Å². The highest BCUT2D eigenvalue weighted by molar-refractivity contribution is 5.37. The van der Waals surface area contributed by atoms with E-state index >= 15 is 0 Å². The number of hydrogen-bond donors (Lipinski definition) is 0. The van der Waals surface area contributed by atoms with E-state index in [1.807, 2.05) is 0 Å². The summed E-state index contributed by atoms with van der Waals surface area (Å²) in [5.41, 5.74) is 5.65. The maximum Gasteiger partial charge on any atom is 0.0245 e. The monoisotopic (exact) mass is 400 g/mol. The first-order chi connectivity index (χ1) is 14.8. The molecular formula is C30H40. The minimum atomic E-state index is 0.568. The van der Waals surface area contributed by atoms with Gasteiger partial charge in [-0.3, -0.25) is 0 Å². The van der Waals surface area contributed by atoms with Gasteiger partial charge in [0.1, 0.15) is 0 Å². The Kier molecular flexibility index (Phi) is 9.56. The summed E-state index contributed by atoms with van der Waals surface area (Å²) in [6.45, 7) is 4.53. The molecule has 2 aromatic carbocycles. The number of benzene rings is 2. The van der Waals surface area contributed by atoms with E-state index in [2.05, 4.69) is 74.2 Å². The van der Waals surface area contributed by atoms with Gasteiger partial charge in [0.05, 0.1) is 0 Å². The molecule has 1 saturated carbocycles. The second-order valence-electron chi connectivity index (χ2n) is 9.17. The van der Waals surface area contributed by atoms with Crippen LogP contribution >= 0.6 is 0 Å². The van der Waals surface area contributed by atoms with Crippen molar-refractivity contribution < 1.29 is 0 Å². The third kappa shape index (κ3) is 7.36. The zero-order chi connectivity index (χ0) is 21.0. The molecule has 0 bridgehead atoms. The number of unbranched alkanes of at least 4 members (excludes halogenated alkanes) is 4. The van der Waals surface area contributed by atoms with Crippen LogP contribution in [0.5, 0.6) is 0 Å². The van der Waals surface area contributed by atoms with E-state index in [-0.39, 0.29) is 0 Å². The molecule has 1 fully saturated rings. The third-order valence-corrected chi connectivity index (χ3v) is 6.66. The summed E-state index contributed by atoms with van der Waals surface area (Å²) in [6, 6.07) is 18.4. The summed E-state index contributed by atoms with van der Waals surface area (Å²) in [7, 11) is 0. The summed E-state index contributed by atoms with van der Waals surface area (Å²) in [5, 5.41) is 0. The third-order valence-electron chi connectivity index (χ3n) is 6.66. The van der Waals surface area contributed by atoms with Crippen molar-refractivity contribution in [1.82, 2.24) is 0 Å². The Morgan fingerprint density at radius 1 is 0.667 bits per heavy atom. The van der Waals surface area contributed by atoms with Crippen LogP contribution in [0.3, 0.4) is 0 Å². The van der Waals surface area contributed by atoms with Crippen LogP contribution in [0, 0.1) is 17.8 Å². The number of hydrogen-bond acceptors (Lipinski definition) is 0. The van der Waals surface area contributed by atoms with E-state index in [0.29, 0.717) is 5.92 Å². The van der Waals surface area contributed by atoms with Crippen LogP contribution in [-0.4, -0.2) is 0 Å². The second kappa shape index (κ2) is 12.6. The van der Waals surface area contributed by atoms with Crippen molar-refractivity contribution in [2.45, 2.75) is 96.8 Å². The van der Waals surface area contributed by atoms with Crippen LogP contribution in [0.25, 0.3) is 0 Å². The Bertz CT molecular complexity index is 777. The van der Waals surface area contributed by atoms with Crippen molar-refractivity contribution in [2.24, 2.45) is 5.92 Å². The fourth-order valence-electron chi connectivity index (χ4n) is 4.69. The molecule has 0 radical (unpaired) electrons. The highest BCUT2D eigenvalue weighted by atomic mass is 14.2. The Morgan fingerprint density at radius 2 is 1.30 bits per heavy atom. The molecule has 2 aromatic rings. The second-order valence-corrected chi connectivity index (χ2v) is 9.17. The van der Waals surface area contributed by atoms with Crippen molar-refractivity contribution in [3.05, 3.63) is 70.8 Å². The van der Waals surface area contributed by atoms with E-state index in [0.717, 1.165) is 5.92 Å². The molecular weight excluding hydrogens is 360 g/mol. The van der Waals surface area contributed by atoms with E-state index < -0.39 is 0 Å². The molecule has 0 aliphatic heterocycles. The summed E-state index contributed by atoms with van der Waals surface area (Å²) < 4.78 is 0. The number of aryl methyl sites for hydroxylation is 2. The average Bonchev–Trinajstić information content (AvgIpc) is 2.79. The molecule has 0 N–H and O–H groups in total. The van der Waals surface area contributed by atoms with Crippen molar-refractivity contribution >= 4 is 0 Å². The smallest absolute Gasteiger partial charge is 0.0245 e. The van der Waals surface area contributed by atoms with Gasteiger partial charge in [0.2, 0.25) is 0 Å². The lowest BCUT2D eigenvalue weighted by Crippen LogP contribution is -2.12. The Morgan fingerprint density at radius 3 is 1.97 bits per heavy atom. The molecule has 0 amide bonds. The van der Waals surface area contributed by atoms with Crippen LogP contribution < -0.4 is 0 Å². The first-order valence-electron chi connectivity index (χ1n) is 12.5. The molecule has 0 atom stereocenters. The molecule has 0 unspecified atom stereocenters. The molecule has 0 nitrogen and oxygen atoms in total. The summed E-state index contributed by atoms with van der Waals surface area (Å²) >= 11 is 0. The SMILES string of the molecule is CCCCCCCc1ccc(C#C[C@H]2CC[C@H](c3ccc(CCC)cc3)CC2)cc1. The van der Waals surface area contributed by atoms with Gasteiger partial charge < -0.3 is 0 Å². The van der Waals surface area contributed by atoms with Crippen LogP contribution in [0.2, 0.25) is 0 Å². The zero-order valence-corrected chi connectivity index (χ0v) is 19.3. The standard InChI is InChI=1S/C30H40/c1-3-5-6-7-8-10-26-11-13-27(14-12-26)15-16-28-19-23-30(24-20-28)29-21-17-25(9-4-2)18-22-29/h11-14,17-18,21-22,28,30H,3-10,19-20,23-24H2,1-2H3/t28-,30-. The van der Waals surface area contributed by atoms with Crippen LogP contribution in [0.4, 0.5) is 0 Å². The highest BCUT2D eigenvalue weighted by Crippen LogP contribution is 2.35. The van der Waals surface area contributed by atoms with Gasteiger partial charge in [-0.15, -0.1) is 0 Å². The molecule has 0 heterocycles. The Hall–Kier alpha value is -2.00. The van der Waals surface area contributed by atoms with Crippen molar-refractivity contribution in [3.8, 4) is 11.8 Å². The average molecular weight is 401 g/mol. The summed E-state index contributed by atoms with van der Waals surface area (Å²) in [5.74, 6) is 8.32. The maximum absolute atomic E-state index is 3.57. The first kappa shape index (κ1) is 22.7. The van der Waals surface area contributed by atoms with Gasteiger partial charge in [-0.25, -0.2) is 0 Å².